The molecule has 1 unspecified atom stereocenters. The molecule has 0 bridgehead atoms. The summed E-state index contributed by atoms with van der Waals surface area (Å²) >= 11 is 0. The summed E-state index contributed by atoms with van der Waals surface area (Å²) in [6.07, 6.45) is 0. The van der Waals surface area contributed by atoms with E-state index >= 15 is 0 Å². The normalized spacial score (nSPS) is 20.9. The number of carboxylic acids is 1. The van der Waals surface area contributed by atoms with Gasteiger partial charge in [-0.2, -0.15) is 0 Å². The molecular formula is C14H20N2O3. The lowest BCUT2D eigenvalue weighted by atomic mass is 10.1. The molecular weight excluding hydrogens is 244 g/mol. The summed E-state index contributed by atoms with van der Waals surface area (Å²) in [5, 5.41) is 9.27. The molecule has 0 amide bonds. The highest BCUT2D eigenvalue weighted by molar-refractivity contribution is 5.71. The summed E-state index contributed by atoms with van der Waals surface area (Å²) in [5.74, 6) is -0.303. The number of hydrogen-bond donors (Lipinski definition) is 1. The van der Waals surface area contributed by atoms with Crippen LogP contribution in [0, 0.1) is 5.92 Å². The fraction of sp³-hybridized carbons (Fsp3) is 0.500. The molecule has 19 heavy (non-hydrogen) atoms. The molecule has 1 saturated heterocycles. The van der Waals surface area contributed by atoms with Crippen molar-refractivity contribution < 1.29 is 14.6 Å². The Morgan fingerprint density at radius 3 is 2.84 bits per heavy atom. The fourth-order valence-corrected chi connectivity index (χ4v) is 2.37. The molecule has 1 aliphatic heterocycles. The van der Waals surface area contributed by atoms with Gasteiger partial charge in [-0.15, -0.1) is 0 Å². The maximum atomic E-state index is 11.3. The summed E-state index contributed by atoms with van der Waals surface area (Å²) in [6, 6.07) is 7.76. The highest BCUT2D eigenvalue weighted by atomic mass is 16.5. The van der Waals surface area contributed by atoms with Crippen molar-refractivity contribution in [2.75, 3.05) is 45.2 Å². The van der Waals surface area contributed by atoms with Crippen LogP contribution in [0.5, 0.6) is 5.75 Å². The van der Waals surface area contributed by atoms with Crippen LogP contribution in [0.2, 0.25) is 0 Å². The first kappa shape index (κ1) is 13.7. The number of rotatable bonds is 3. The average molecular weight is 264 g/mol. The Kier molecular flexibility index (Phi) is 4.27. The van der Waals surface area contributed by atoms with Crippen LogP contribution in [0.15, 0.2) is 24.3 Å². The Bertz CT molecular complexity index is 450. The highest BCUT2D eigenvalue weighted by Crippen LogP contribution is 2.23. The molecule has 1 atom stereocenters. The monoisotopic (exact) mass is 264 g/mol. The molecule has 104 valence electrons. The lowest BCUT2D eigenvalue weighted by Gasteiger charge is -2.24. The average Bonchev–Trinajstić information content (AvgIpc) is 2.61. The number of aliphatic carboxylic acids is 1. The maximum Gasteiger partial charge on any atom is 0.309 e. The predicted octanol–water partition coefficient (Wildman–Crippen LogP) is 1.15. The van der Waals surface area contributed by atoms with E-state index in [2.05, 4.69) is 9.80 Å². The molecule has 5 heteroatoms. The first-order valence-corrected chi connectivity index (χ1v) is 6.40. The van der Waals surface area contributed by atoms with Crippen LogP contribution < -0.4 is 9.64 Å². The second kappa shape index (κ2) is 5.93. The van der Waals surface area contributed by atoms with Crippen molar-refractivity contribution >= 4 is 11.7 Å². The number of anilines is 1. The highest BCUT2D eigenvalue weighted by Gasteiger charge is 2.26. The minimum atomic E-state index is -0.735. The Labute approximate surface area is 113 Å². The van der Waals surface area contributed by atoms with E-state index in [9.17, 15) is 9.90 Å². The number of ether oxygens (including phenoxy) is 1. The first-order chi connectivity index (χ1) is 9.10. The van der Waals surface area contributed by atoms with Crippen molar-refractivity contribution in [2.24, 2.45) is 5.92 Å². The standard InChI is InChI=1S/C14H20N2O3/c1-15-6-7-16(10-11(9-15)14(17)18)12-4-3-5-13(8-12)19-2/h3-5,8,11H,6-7,9-10H2,1-2H3,(H,17,18). The predicted molar refractivity (Wildman–Crippen MR) is 73.8 cm³/mol. The fourth-order valence-electron chi connectivity index (χ4n) is 2.37. The van der Waals surface area contributed by atoms with Crippen LogP contribution in [0.4, 0.5) is 5.69 Å². The van der Waals surface area contributed by atoms with Crippen molar-refractivity contribution in [1.29, 1.82) is 0 Å². The van der Waals surface area contributed by atoms with E-state index in [-0.39, 0.29) is 5.92 Å². The molecule has 0 aliphatic carbocycles. The quantitative estimate of drug-likeness (QED) is 0.887. The van der Waals surface area contributed by atoms with Gasteiger partial charge in [0.05, 0.1) is 13.0 Å². The zero-order valence-corrected chi connectivity index (χ0v) is 11.4. The van der Waals surface area contributed by atoms with Crippen molar-refractivity contribution in [3.05, 3.63) is 24.3 Å². The van der Waals surface area contributed by atoms with Gasteiger partial charge in [0.1, 0.15) is 5.75 Å². The largest absolute Gasteiger partial charge is 0.497 e. The molecule has 0 radical (unpaired) electrons. The molecule has 1 aromatic rings. The Morgan fingerprint density at radius 2 is 2.16 bits per heavy atom. The van der Waals surface area contributed by atoms with Gasteiger partial charge in [-0.25, -0.2) is 0 Å². The Balaban J connectivity index is 2.19. The lowest BCUT2D eigenvalue weighted by Crippen LogP contribution is -2.33. The Hall–Kier alpha value is -1.75. The zero-order chi connectivity index (χ0) is 13.8. The van der Waals surface area contributed by atoms with Crippen LogP contribution in [0.3, 0.4) is 0 Å². The van der Waals surface area contributed by atoms with Gasteiger partial charge in [-0.3, -0.25) is 4.79 Å². The van der Waals surface area contributed by atoms with Crippen LogP contribution in [0.1, 0.15) is 0 Å². The van der Waals surface area contributed by atoms with Crippen molar-refractivity contribution in [1.82, 2.24) is 4.90 Å². The number of carboxylic acid groups (broad SMARTS) is 1. The van der Waals surface area contributed by atoms with E-state index in [1.165, 1.54) is 0 Å². The smallest absolute Gasteiger partial charge is 0.309 e. The molecule has 1 fully saturated rings. The number of likely N-dealkylation sites (N-methyl/N-ethyl adjacent to an activating group) is 1. The van der Waals surface area contributed by atoms with Gasteiger partial charge in [0, 0.05) is 37.9 Å². The third-order valence-electron chi connectivity index (χ3n) is 3.49. The van der Waals surface area contributed by atoms with Gasteiger partial charge >= 0.3 is 5.97 Å². The summed E-state index contributed by atoms with van der Waals surface area (Å²) < 4.78 is 5.22. The van der Waals surface area contributed by atoms with Crippen molar-refractivity contribution in [3.8, 4) is 5.75 Å². The topological polar surface area (TPSA) is 53.0 Å². The zero-order valence-electron chi connectivity index (χ0n) is 11.4. The van der Waals surface area contributed by atoms with Crippen LogP contribution >= 0.6 is 0 Å². The summed E-state index contributed by atoms with van der Waals surface area (Å²) in [4.78, 5) is 15.5. The van der Waals surface area contributed by atoms with Gasteiger partial charge < -0.3 is 19.6 Å². The van der Waals surface area contributed by atoms with Gasteiger partial charge in [-0.05, 0) is 19.2 Å². The maximum absolute atomic E-state index is 11.3. The first-order valence-electron chi connectivity index (χ1n) is 6.40. The Morgan fingerprint density at radius 1 is 1.37 bits per heavy atom. The van der Waals surface area contributed by atoms with E-state index < -0.39 is 5.97 Å². The molecule has 1 heterocycles. The van der Waals surface area contributed by atoms with E-state index in [0.29, 0.717) is 13.1 Å². The third kappa shape index (κ3) is 3.38. The molecule has 1 aliphatic rings. The molecule has 5 nitrogen and oxygen atoms in total. The van der Waals surface area contributed by atoms with Crippen LogP contribution in [-0.2, 0) is 4.79 Å². The number of benzene rings is 1. The summed E-state index contributed by atoms with van der Waals surface area (Å²) in [7, 11) is 3.60. The number of nitrogens with zero attached hydrogens (tertiary/aromatic N) is 2. The molecule has 0 spiro atoms. The van der Waals surface area contributed by atoms with Crippen LogP contribution in [0.25, 0.3) is 0 Å². The van der Waals surface area contributed by atoms with Gasteiger partial charge in [0.25, 0.3) is 0 Å². The van der Waals surface area contributed by atoms with Crippen molar-refractivity contribution in [2.45, 2.75) is 0 Å². The number of methoxy groups -OCH3 is 1. The number of carbonyl (C=O) groups is 1. The number of hydrogen-bond acceptors (Lipinski definition) is 4. The van der Waals surface area contributed by atoms with E-state index in [1.807, 2.05) is 31.3 Å². The molecule has 1 aromatic carbocycles. The van der Waals surface area contributed by atoms with Crippen LogP contribution in [-0.4, -0.2) is 56.3 Å². The summed E-state index contributed by atoms with van der Waals surface area (Å²) in [5.41, 5.74) is 1.01. The molecule has 2 rings (SSSR count). The summed E-state index contributed by atoms with van der Waals surface area (Å²) in [6.45, 7) is 2.82. The lowest BCUT2D eigenvalue weighted by molar-refractivity contribution is -0.141. The van der Waals surface area contributed by atoms with E-state index in [4.69, 9.17) is 4.74 Å². The third-order valence-corrected chi connectivity index (χ3v) is 3.49. The molecule has 0 saturated carbocycles. The second-order valence-corrected chi connectivity index (χ2v) is 4.94. The van der Waals surface area contributed by atoms with Crippen molar-refractivity contribution in [3.63, 3.8) is 0 Å². The van der Waals surface area contributed by atoms with E-state index in [0.717, 1.165) is 24.5 Å². The van der Waals surface area contributed by atoms with Gasteiger partial charge in [0.2, 0.25) is 0 Å². The van der Waals surface area contributed by atoms with Gasteiger partial charge in [0.15, 0.2) is 0 Å². The second-order valence-electron chi connectivity index (χ2n) is 4.94. The molecule has 0 aromatic heterocycles. The molecule has 1 N–H and O–H groups in total. The minimum absolute atomic E-state index is 0.362. The van der Waals surface area contributed by atoms with Gasteiger partial charge in [-0.1, -0.05) is 6.07 Å². The van der Waals surface area contributed by atoms with E-state index in [1.54, 1.807) is 7.11 Å². The SMILES string of the molecule is COc1cccc(N2CCN(C)CC(C(=O)O)C2)c1. The minimum Gasteiger partial charge on any atom is -0.497 e.